The fourth-order valence-electron chi connectivity index (χ4n) is 0.351. The van der Waals surface area contributed by atoms with E-state index in [2.05, 4.69) is 12.6 Å². The first kappa shape index (κ1) is 7.76. The predicted octanol–water partition coefficient (Wildman–Crippen LogP) is 1.80. The van der Waals surface area contributed by atoms with Crippen LogP contribution in [0.1, 0.15) is 19.8 Å². The summed E-state index contributed by atoms with van der Waals surface area (Å²) in [6, 6.07) is 0. The Morgan fingerprint density at radius 1 is 1.75 bits per heavy atom. The molecule has 46 valence electrons. The smallest absolute Gasteiger partial charge is 0.120 e. The van der Waals surface area contributed by atoms with Crippen molar-refractivity contribution in [2.24, 2.45) is 0 Å². The van der Waals surface area contributed by atoms with Crippen molar-refractivity contribution >= 4 is 18.9 Å². The number of hydrogen-bond acceptors (Lipinski definition) is 2. The maximum absolute atomic E-state index is 9.76. The van der Waals surface area contributed by atoms with Crippen molar-refractivity contribution in [3.05, 3.63) is 11.0 Å². The Kier molecular flexibility index (Phi) is 4.76. The molecule has 0 aliphatic carbocycles. The van der Waals surface area contributed by atoms with Crippen LogP contribution in [-0.4, -0.2) is 6.29 Å². The van der Waals surface area contributed by atoms with Crippen LogP contribution in [0.15, 0.2) is 11.0 Å². The van der Waals surface area contributed by atoms with Crippen molar-refractivity contribution in [1.82, 2.24) is 0 Å². The summed E-state index contributed by atoms with van der Waals surface area (Å²) in [6.07, 6.45) is 4.17. The number of aldehydes is 1. The van der Waals surface area contributed by atoms with Gasteiger partial charge in [0.15, 0.2) is 0 Å². The Bertz CT molecular complexity index is 96.7. The highest BCUT2D eigenvalue weighted by Gasteiger charge is 1.85. The Labute approximate surface area is 55.2 Å². The van der Waals surface area contributed by atoms with Gasteiger partial charge in [-0.25, -0.2) is 0 Å². The van der Waals surface area contributed by atoms with Crippen LogP contribution >= 0.6 is 12.6 Å². The average molecular weight is 130 g/mol. The SMILES string of the molecule is CC=C(S)CCC=O. The molecule has 0 aliphatic rings. The van der Waals surface area contributed by atoms with E-state index < -0.39 is 0 Å². The molecule has 0 amide bonds. The van der Waals surface area contributed by atoms with Crippen LogP contribution in [0, 0.1) is 0 Å². The Balaban J connectivity index is 3.24. The molecule has 0 radical (unpaired) electrons. The predicted molar refractivity (Wildman–Crippen MR) is 38.0 cm³/mol. The van der Waals surface area contributed by atoms with Crippen molar-refractivity contribution in [1.29, 1.82) is 0 Å². The lowest BCUT2D eigenvalue weighted by Gasteiger charge is -1.89. The Morgan fingerprint density at radius 2 is 2.38 bits per heavy atom. The van der Waals surface area contributed by atoms with Gasteiger partial charge in [-0.05, 0) is 18.2 Å². The van der Waals surface area contributed by atoms with Gasteiger partial charge in [0.1, 0.15) is 6.29 Å². The fraction of sp³-hybridized carbons (Fsp3) is 0.500. The normalized spacial score (nSPS) is 11.5. The highest BCUT2D eigenvalue weighted by Crippen LogP contribution is 2.06. The van der Waals surface area contributed by atoms with E-state index in [0.717, 1.165) is 17.6 Å². The summed E-state index contributed by atoms with van der Waals surface area (Å²) in [6.45, 7) is 1.91. The minimum Gasteiger partial charge on any atom is -0.303 e. The summed E-state index contributed by atoms with van der Waals surface area (Å²) in [4.78, 5) is 10.7. The van der Waals surface area contributed by atoms with Crippen LogP contribution in [0.2, 0.25) is 0 Å². The Morgan fingerprint density at radius 3 is 2.75 bits per heavy atom. The van der Waals surface area contributed by atoms with E-state index in [-0.39, 0.29) is 0 Å². The lowest BCUT2D eigenvalue weighted by atomic mass is 10.3. The standard InChI is InChI=1S/C6H10OS/c1-2-6(8)4-3-5-7/h2,5,8H,3-4H2,1H3. The topological polar surface area (TPSA) is 17.1 Å². The van der Waals surface area contributed by atoms with Crippen molar-refractivity contribution in [3.63, 3.8) is 0 Å². The second-order valence-corrected chi connectivity index (χ2v) is 2.06. The molecule has 0 aliphatic heterocycles. The van der Waals surface area contributed by atoms with Gasteiger partial charge in [0.2, 0.25) is 0 Å². The lowest BCUT2D eigenvalue weighted by Crippen LogP contribution is -1.74. The molecule has 0 rings (SSSR count). The van der Waals surface area contributed by atoms with Gasteiger partial charge >= 0.3 is 0 Å². The molecular formula is C6H10OS. The van der Waals surface area contributed by atoms with Crippen LogP contribution in [0.25, 0.3) is 0 Å². The van der Waals surface area contributed by atoms with Gasteiger partial charge in [0.05, 0.1) is 0 Å². The monoisotopic (exact) mass is 130 g/mol. The molecule has 0 saturated carbocycles. The summed E-state index contributed by atoms with van der Waals surface area (Å²) < 4.78 is 0. The third-order valence-electron chi connectivity index (χ3n) is 0.852. The third kappa shape index (κ3) is 3.93. The summed E-state index contributed by atoms with van der Waals surface area (Å²) >= 11 is 4.07. The van der Waals surface area contributed by atoms with Crippen LogP contribution in [-0.2, 0) is 4.79 Å². The first-order chi connectivity index (χ1) is 3.81. The molecule has 0 aromatic rings. The maximum atomic E-state index is 9.76. The number of carbonyl (C=O) groups is 1. The van der Waals surface area contributed by atoms with Gasteiger partial charge in [-0.2, -0.15) is 0 Å². The summed E-state index contributed by atoms with van der Waals surface area (Å²) in [5.74, 6) is 0. The lowest BCUT2D eigenvalue weighted by molar-refractivity contribution is -0.107. The van der Waals surface area contributed by atoms with E-state index in [4.69, 9.17) is 0 Å². The van der Waals surface area contributed by atoms with E-state index in [9.17, 15) is 4.79 Å². The first-order valence-corrected chi connectivity index (χ1v) is 3.03. The van der Waals surface area contributed by atoms with Crippen LogP contribution in [0.4, 0.5) is 0 Å². The highest BCUT2D eigenvalue weighted by molar-refractivity contribution is 7.84. The summed E-state index contributed by atoms with van der Waals surface area (Å²) in [5.41, 5.74) is 0. The quantitative estimate of drug-likeness (QED) is 0.455. The highest BCUT2D eigenvalue weighted by atomic mass is 32.1. The molecule has 0 saturated heterocycles. The van der Waals surface area contributed by atoms with Gasteiger partial charge in [-0.3, -0.25) is 0 Å². The van der Waals surface area contributed by atoms with E-state index in [0.29, 0.717) is 6.42 Å². The third-order valence-corrected chi connectivity index (χ3v) is 1.33. The summed E-state index contributed by atoms with van der Waals surface area (Å²) in [5, 5.41) is 0. The van der Waals surface area contributed by atoms with E-state index >= 15 is 0 Å². The minimum absolute atomic E-state index is 0.586. The molecule has 2 heteroatoms. The molecule has 8 heavy (non-hydrogen) atoms. The van der Waals surface area contributed by atoms with Crippen molar-refractivity contribution < 1.29 is 4.79 Å². The number of hydrogen-bond donors (Lipinski definition) is 1. The number of carbonyl (C=O) groups excluding carboxylic acids is 1. The van der Waals surface area contributed by atoms with Gasteiger partial charge in [-0.1, -0.05) is 6.08 Å². The number of allylic oxidation sites excluding steroid dienone is 2. The number of rotatable bonds is 3. The zero-order valence-electron chi connectivity index (χ0n) is 4.92. The minimum atomic E-state index is 0.586. The Hall–Kier alpha value is -0.240. The first-order valence-electron chi connectivity index (χ1n) is 2.59. The average Bonchev–Trinajstić information content (AvgIpc) is 1.83. The van der Waals surface area contributed by atoms with Crippen LogP contribution < -0.4 is 0 Å². The van der Waals surface area contributed by atoms with Crippen molar-refractivity contribution in [2.45, 2.75) is 19.8 Å². The van der Waals surface area contributed by atoms with Crippen molar-refractivity contribution in [3.8, 4) is 0 Å². The molecule has 0 bridgehead atoms. The fourth-order valence-corrected chi connectivity index (χ4v) is 0.480. The largest absolute Gasteiger partial charge is 0.303 e. The van der Waals surface area contributed by atoms with Crippen molar-refractivity contribution in [2.75, 3.05) is 0 Å². The second-order valence-electron chi connectivity index (χ2n) is 1.49. The van der Waals surface area contributed by atoms with Gasteiger partial charge < -0.3 is 4.79 Å². The molecule has 1 nitrogen and oxygen atoms in total. The van der Waals surface area contributed by atoms with Crippen LogP contribution in [0.5, 0.6) is 0 Å². The molecule has 0 fully saturated rings. The molecule has 0 aromatic heterocycles. The molecule has 0 aromatic carbocycles. The van der Waals surface area contributed by atoms with Gasteiger partial charge in [0, 0.05) is 6.42 Å². The zero-order valence-corrected chi connectivity index (χ0v) is 5.82. The second kappa shape index (κ2) is 4.91. The van der Waals surface area contributed by atoms with Gasteiger partial charge in [0.25, 0.3) is 0 Å². The number of thiol groups is 1. The molecule has 0 atom stereocenters. The molecular weight excluding hydrogens is 120 g/mol. The van der Waals surface area contributed by atoms with Crippen LogP contribution in [0.3, 0.4) is 0 Å². The molecule has 0 spiro atoms. The van der Waals surface area contributed by atoms with Gasteiger partial charge in [-0.15, -0.1) is 12.6 Å². The van der Waals surface area contributed by atoms with E-state index in [1.807, 2.05) is 13.0 Å². The summed E-state index contributed by atoms with van der Waals surface area (Å²) in [7, 11) is 0. The molecule has 0 unspecified atom stereocenters. The maximum Gasteiger partial charge on any atom is 0.120 e. The van der Waals surface area contributed by atoms with E-state index in [1.165, 1.54) is 0 Å². The van der Waals surface area contributed by atoms with E-state index in [1.54, 1.807) is 0 Å². The molecule has 0 heterocycles. The zero-order chi connectivity index (χ0) is 6.41. The molecule has 0 N–H and O–H groups in total.